The second-order valence-corrected chi connectivity index (χ2v) is 7.51. The summed E-state index contributed by atoms with van der Waals surface area (Å²) in [6.07, 6.45) is 0. The lowest BCUT2D eigenvalue weighted by atomic mass is 10.1. The number of hydrogen-bond acceptors (Lipinski definition) is 3. The van der Waals surface area contributed by atoms with Gasteiger partial charge in [0.1, 0.15) is 12.4 Å². The molecule has 1 N–H and O–H groups in total. The molecule has 0 radical (unpaired) electrons. The molecule has 0 aliphatic heterocycles. The van der Waals surface area contributed by atoms with Crippen LogP contribution in [0.1, 0.15) is 18.1 Å². The first-order chi connectivity index (χ1) is 15.2. The smallest absolute Gasteiger partial charge is 0.180 e. The van der Waals surface area contributed by atoms with Crippen LogP contribution in [0.15, 0.2) is 78.9 Å². The molecule has 0 unspecified atom stereocenters. The Bertz CT molecular complexity index is 1190. The minimum atomic E-state index is -0.313. The summed E-state index contributed by atoms with van der Waals surface area (Å²) in [7, 11) is 0. The van der Waals surface area contributed by atoms with Crippen LogP contribution in [0.2, 0.25) is 5.02 Å². The highest BCUT2D eigenvalue weighted by atomic mass is 35.5. The minimum absolute atomic E-state index is 0.0695. The fraction of sp³-hybridized carbons (Fsp3) is 0.154. The summed E-state index contributed by atoms with van der Waals surface area (Å²) in [6, 6.07) is 24.7. The van der Waals surface area contributed by atoms with E-state index in [9.17, 15) is 4.39 Å². The van der Waals surface area contributed by atoms with Gasteiger partial charge in [-0.2, -0.15) is 0 Å². The zero-order valence-corrected chi connectivity index (χ0v) is 18.0. The average Bonchev–Trinajstić information content (AvgIpc) is 2.78. The van der Waals surface area contributed by atoms with Gasteiger partial charge >= 0.3 is 0 Å². The van der Waals surface area contributed by atoms with Crippen LogP contribution in [-0.2, 0) is 13.2 Å². The van der Waals surface area contributed by atoms with Crippen LogP contribution < -0.4 is 14.8 Å². The molecular weight excluding hydrogens is 413 g/mol. The Hall–Kier alpha value is -3.24. The lowest BCUT2D eigenvalue weighted by Gasteiger charge is -2.16. The van der Waals surface area contributed by atoms with Crippen LogP contribution in [0.25, 0.3) is 10.8 Å². The van der Waals surface area contributed by atoms with Crippen molar-refractivity contribution in [2.45, 2.75) is 20.1 Å². The van der Waals surface area contributed by atoms with E-state index in [2.05, 4.69) is 29.6 Å². The lowest BCUT2D eigenvalue weighted by molar-refractivity contribution is 0.266. The molecule has 0 aliphatic rings. The molecule has 0 aliphatic carbocycles. The molecule has 0 saturated carbocycles. The SMILES string of the molecule is CCOc1cc(CNc2cccc3ccccc23)cc(Cl)c1OCc1ccccc1F. The van der Waals surface area contributed by atoms with Crippen LogP contribution in [0.4, 0.5) is 10.1 Å². The molecule has 0 saturated heterocycles. The fourth-order valence-electron chi connectivity index (χ4n) is 3.47. The van der Waals surface area contributed by atoms with Crippen LogP contribution in [-0.4, -0.2) is 6.61 Å². The largest absolute Gasteiger partial charge is 0.490 e. The highest BCUT2D eigenvalue weighted by Gasteiger charge is 2.14. The van der Waals surface area contributed by atoms with E-state index in [0.29, 0.717) is 35.2 Å². The molecular formula is C26H23ClFNO2. The van der Waals surface area contributed by atoms with E-state index < -0.39 is 0 Å². The van der Waals surface area contributed by atoms with Gasteiger partial charge in [0.25, 0.3) is 0 Å². The van der Waals surface area contributed by atoms with Crippen LogP contribution in [0.5, 0.6) is 11.5 Å². The number of halogens is 2. The summed E-state index contributed by atoms with van der Waals surface area (Å²) in [4.78, 5) is 0. The highest BCUT2D eigenvalue weighted by Crippen LogP contribution is 2.37. The molecule has 0 fully saturated rings. The van der Waals surface area contributed by atoms with E-state index >= 15 is 0 Å². The Morgan fingerprint density at radius 3 is 2.52 bits per heavy atom. The molecule has 0 atom stereocenters. The summed E-state index contributed by atoms with van der Waals surface area (Å²) in [5, 5.41) is 6.24. The molecule has 0 aromatic heterocycles. The van der Waals surface area contributed by atoms with Crippen molar-refractivity contribution in [2.24, 2.45) is 0 Å². The van der Waals surface area contributed by atoms with Gasteiger partial charge in [0.2, 0.25) is 0 Å². The van der Waals surface area contributed by atoms with Crippen molar-refractivity contribution in [1.82, 2.24) is 0 Å². The second kappa shape index (κ2) is 9.71. The predicted octanol–water partition coefficient (Wildman–Crippen LogP) is 7.22. The van der Waals surface area contributed by atoms with Crippen LogP contribution in [0, 0.1) is 5.82 Å². The van der Waals surface area contributed by atoms with E-state index in [1.807, 2.05) is 37.3 Å². The van der Waals surface area contributed by atoms with Gasteiger partial charge in [0, 0.05) is 23.2 Å². The van der Waals surface area contributed by atoms with E-state index in [-0.39, 0.29) is 12.4 Å². The van der Waals surface area contributed by atoms with Crippen LogP contribution >= 0.6 is 11.6 Å². The van der Waals surface area contributed by atoms with Crippen molar-refractivity contribution < 1.29 is 13.9 Å². The van der Waals surface area contributed by atoms with Crippen molar-refractivity contribution >= 4 is 28.1 Å². The third-order valence-electron chi connectivity index (χ3n) is 4.97. The van der Waals surface area contributed by atoms with E-state index in [0.717, 1.165) is 16.6 Å². The third-order valence-corrected chi connectivity index (χ3v) is 5.25. The number of nitrogens with one attached hydrogen (secondary N) is 1. The van der Waals surface area contributed by atoms with Gasteiger partial charge in [-0.15, -0.1) is 0 Å². The number of benzene rings is 4. The molecule has 0 spiro atoms. The van der Waals surface area contributed by atoms with Gasteiger partial charge in [0.05, 0.1) is 11.6 Å². The maximum atomic E-state index is 13.9. The molecule has 0 bridgehead atoms. The zero-order chi connectivity index (χ0) is 21.6. The van der Waals surface area contributed by atoms with E-state index in [4.69, 9.17) is 21.1 Å². The van der Waals surface area contributed by atoms with Crippen molar-refractivity contribution in [3.05, 3.63) is 101 Å². The van der Waals surface area contributed by atoms with Gasteiger partial charge in [-0.1, -0.05) is 66.2 Å². The number of ether oxygens (including phenoxy) is 2. The van der Waals surface area contributed by atoms with Crippen molar-refractivity contribution in [3.63, 3.8) is 0 Å². The number of anilines is 1. The van der Waals surface area contributed by atoms with Crippen molar-refractivity contribution in [3.8, 4) is 11.5 Å². The molecule has 4 aromatic carbocycles. The van der Waals surface area contributed by atoms with Gasteiger partial charge < -0.3 is 14.8 Å². The van der Waals surface area contributed by atoms with Gasteiger partial charge in [0.15, 0.2) is 11.5 Å². The van der Waals surface area contributed by atoms with Crippen molar-refractivity contribution in [1.29, 1.82) is 0 Å². The molecule has 0 amide bonds. The third kappa shape index (κ3) is 4.92. The Kier molecular flexibility index (Phi) is 6.58. The molecule has 3 nitrogen and oxygen atoms in total. The average molecular weight is 436 g/mol. The molecule has 31 heavy (non-hydrogen) atoms. The Labute approximate surface area is 186 Å². The predicted molar refractivity (Wildman–Crippen MR) is 125 cm³/mol. The molecule has 0 heterocycles. The maximum Gasteiger partial charge on any atom is 0.180 e. The normalized spacial score (nSPS) is 10.8. The monoisotopic (exact) mass is 435 g/mol. The number of hydrogen-bond donors (Lipinski definition) is 1. The first-order valence-corrected chi connectivity index (χ1v) is 10.6. The van der Waals surface area contributed by atoms with Gasteiger partial charge in [-0.25, -0.2) is 4.39 Å². The first-order valence-electron chi connectivity index (χ1n) is 10.2. The van der Waals surface area contributed by atoms with Gasteiger partial charge in [-0.3, -0.25) is 0 Å². The summed E-state index contributed by atoms with van der Waals surface area (Å²) in [5.41, 5.74) is 2.47. The summed E-state index contributed by atoms with van der Waals surface area (Å²) in [5.74, 6) is 0.647. The number of fused-ring (bicyclic) bond motifs is 1. The Balaban J connectivity index is 1.54. The number of rotatable bonds is 8. The quantitative estimate of drug-likeness (QED) is 0.317. The minimum Gasteiger partial charge on any atom is -0.490 e. The molecule has 158 valence electrons. The Morgan fingerprint density at radius 1 is 0.903 bits per heavy atom. The molecule has 4 rings (SSSR count). The highest BCUT2D eigenvalue weighted by molar-refractivity contribution is 6.32. The second-order valence-electron chi connectivity index (χ2n) is 7.10. The van der Waals surface area contributed by atoms with Crippen LogP contribution in [0.3, 0.4) is 0 Å². The van der Waals surface area contributed by atoms with E-state index in [1.54, 1.807) is 18.2 Å². The molecule has 4 aromatic rings. The van der Waals surface area contributed by atoms with E-state index in [1.165, 1.54) is 11.5 Å². The topological polar surface area (TPSA) is 30.5 Å². The summed E-state index contributed by atoms with van der Waals surface area (Å²) < 4.78 is 25.5. The summed E-state index contributed by atoms with van der Waals surface area (Å²) in [6.45, 7) is 3.00. The first kappa shape index (κ1) is 21.0. The molecule has 5 heteroatoms. The van der Waals surface area contributed by atoms with Crippen molar-refractivity contribution in [2.75, 3.05) is 11.9 Å². The summed E-state index contributed by atoms with van der Waals surface area (Å²) >= 11 is 6.53. The van der Waals surface area contributed by atoms with Gasteiger partial charge in [-0.05, 0) is 42.1 Å². The standard InChI is InChI=1S/C26H23ClFNO2/c1-2-30-25-15-18(16-29-24-13-7-10-19-8-3-5-11-21(19)24)14-22(27)26(25)31-17-20-9-4-6-12-23(20)28/h3-15,29H,2,16-17H2,1H3. The Morgan fingerprint density at radius 2 is 1.68 bits per heavy atom. The maximum absolute atomic E-state index is 13.9. The fourth-order valence-corrected chi connectivity index (χ4v) is 3.76. The zero-order valence-electron chi connectivity index (χ0n) is 17.2. The lowest BCUT2D eigenvalue weighted by Crippen LogP contribution is -2.05.